The number of rotatable bonds is 2. The SMILES string of the molecule is Nc1ccc2c(c1)N(C(=O)CC1CCCCO1)CCC2. The maximum Gasteiger partial charge on any atom is 0.229 e. The summed E-state index contributed by atoms with van der Waals surface area (Å²) in [6, 6.07) is 5.88. The molecule has 0 radical (unpaired) electrons. The predicted octanol–water partition coefficient (Wildman–Crippen LogP) is 2.51. The van der Waals surface area contributed by atoms with E-state index in [-0.39, 0.29) is 12.0 Å². The molecule has 2 heterocycles. The lowest BCUT2D eigenvalue weighted by molar-refractivity contribution is -0.122. The Kier molecular flexibility index (Phi) is 3.92. The maximum atomic E-state index is 12.5. The normalized spacial score (nSPS) is 22.4. The summed E-state index contributed by atoms with van der Waals surface area (Å²) >= 11 is 0. The van der Waals surface area contributed by atoms with E-state index in [1.807, 2.05) is 23.1 Å². The number of fused-ring (bicyclic) bond motifs is 1. The highest BCUT2D eigenvalue weighted by Gasteiger charge is 2.26. The van der Waals surface area contributed by atoms with Gasteiger partial charge in [-0.15, -0.1) is 0 Å². The molecule has 0 saturated carbocycles. The lowest BCUT2D eigenvalue weighted by atomic mass is 9.99. The third-order valence-corrected chi connectivity index (χ3v) is 4.21. The van der Waals surface area contributed by atoms with Gasteiger partial charge in [-0.05, 0) is 49.8 Å². The average molecular weight is 274 g/mol. The smallest absolute Gasteiger partial charge is 0.229 e. The summed E-state index contributed by atoms with van der Waals surface area (Å²) in [7, 11) is 0. The van der Waals surface area contributed by atoms with Crippen molar-refractivity contribution in [2.24, 2.45) is 0 Å². The Bertz CT molecular complexity index is 495. The maximum absolute atomic E-state index is 12.5. The van der Waals surface area contributed by atoms with E-state index < -0.39 is 0 Å². The number of carbonyl (C=O) groups excluding carboxylic acids is 1. The van der Waals surface area contributed by atoms with Crippen LogP contribution in [0.3, 0.4) is 0 Å². The minimum absolute atomic E-state index is 0.0997. The molecular weight excluding hydrogens is 252 g/mol. The minimum atomic E-state index is 0.0997. The Labute approximate surface area is 119 Å². The number of ether oxygens (including phenoxy) is 1. The van der Waals surface area contributed by atoms with Crippen molar-refractivity contribution in [3.8, 4) is 0 Å². The van der Waals surface area contributed by atoms with Crippen LogP contribution in [0.15, 0.2) is 18.2 Å². The fraction of sp³-hybridized carbons (Fsp3) is 0.562. The molecule has 2 N–H and O–H groups in total. The van der Waals surface area contributed by atoms with Gasteiger partial charge in [0.05, 0.1) is 12.5 Å². The van der Waals surface area contributed by atoms with E-state index in [4.69, 9.17) is 10.5 Å². The zero-order valence-electron chi connectivity index (χ0n) is 11.8. The first-order chi connectivity index (χ1) is 9.74. The molecule has 1 saturated heterocycles. The number of hydrogen-bond acceptors (Lipinski definition) is 3. The summed E-state index contributed by atoms with van der Waals surface area (Å²) in [6.45, 7) is 1.59. The number of aryl methyl sites for hydroxylation is 1. The molecule has 1 aromatic rings. The number of nitrogens with zero attached hydrogens (tertiary/aromatic N) is 1. The second kappa shape index (κ2) is 5.83. The van der Waals surface area contributed by atoms with Gasteiger partial charge in [0.2, 0.25) is 5.91 Å². The lowest BCUT2D eigenvalue weighted by Gasteiger charge is -2.31. The monoisotopic (exact) mass is 274 g/mol. The minimum Gasteiger partial charge on any atom is -0.399 e. The fourth-order valence-electron chi connectivity index (χ4n) is 3.12. The first-order valence-electron chi connectivity index (χ1n) is 7.54. The molecule has 0 spiro atoms. The van der Waals surface area contributed by atoms with Crippen molar-refractivity contribution in [1.82, 2.24) is 0 Å². The Morgan fingerprint density at radius 3 is 3.05 bits per heavy atom. The molecular formula is C16H22N2O2. The zero-order chi connectivity index (χ0) is 13.9. The molecule has 108 valence electrons. The van der Waals surface area contributed by atoms with Crippen LogP contribution < -0.4 is 10.6 Å². The lowest BCUT2D eigenvalue weighted by Crippen LogP contribution is -2.38. The summed E-state index contributed by atoms with van der Waals surface area (Å²) < 4.78 is 5.68. The number of carbonyl (C=O) groups is 1. The van der Waals surface area contributed by atoms with Gasteiger partial charge in [0.15, 0.2) is 0 Å². The van der Waals surface area contributed by atoms with Crippen molar-refractivity contribution in [3.63, 3.8) is 0 Å². The quantitative estimate of drug-likeness (QED) is 0.843. The molecule has 4 heteroatoms. The molecule has 0 aliphatic carbocycles. The number of nitrogens with two attached hydrogens (primary N) is 1. The van der Waals surface area contributed by atoms with Crippen LogP contribution in [0.5, 0.6) is 0 Å². The Morgan fingerprint density at radius 2 is 2.25 bits per heavy atom. The molecule has 1 amide bonds. The standard InChI is InChI=1S/C16H22N2O2/c17-13-7-6-12-4-3-8-18(15(12)10-13)16(19)11-14-5-1-2-9-20-14/h6-7,10,14H,1-5,8-9,11,17H2. The van der Waals surface area contributed by atoms with Crippen molar-refractivity contribution in [2.75, 3.05) is 23.8 Å². The highest BCUT2D eigenvalue weighted by atomic mass is 16.5. The third kappa shape index (κ3) is 2.80. The highest BCUT2D eigenvalue weighted by Crippen LogP contribution is 2.30. The molecule has 2 aliphatic rings. The molecule has 20 heavy (non-hydrogen) atoms. The number of nitrogen functional groups attached to an aromatic ring is 1. The Balaban J connectivity index is 1.74. The fourth-order valence-corrected chi connectivity index (χ4v) is 3.12. The van der Waals surface area contributed by atoms with Gasteiger partial charge in [0, 0.05) is 24.5 Å². The summed E-state index contributed by atoms with van der Waals surface area (Å²) in [5, 5.41) is 0. The van der Waals surface area contributed by atoms with Gasteiger partial charge in [-0.1, -0.05) is 6.07 Å². The van der Waals surface area contributed by atoms with Crippen molar-refractivity contribution >= 4 is 17.3 Å². The van der Waals surface area contributed by atoms with E-state index in [0.29, 0.717) is 6.42 Å². The van der Waals surface area contributed by atoms with Gasteiger partial charge in [-0.2, -0.15) is 0 Å². The van der Waals surface area contributed by atoms with Gasteiger partial charge < -0.3 is 15.4 Å². The van der Waals surface area contributed by atoms with E-state index in [0.717, 1.165) is 50.2 Å². The largest absolute Gasteiger partial charge is 0.399 e. The Morgan fingerprint density at radius 1 is 1.35 bits per heavy atom. The van der Waals surface area contributed by atoms with Gasteiger partial charge in [-0.3, -0.25) is 4.79 Å². The van der Waals surface area contributed by atoms with Gasteiger partial charge >= 0.3 is 0 Å². The van der Waals surface area contributed by atoms with Crippen molar-refractivity contribution in [3.05, 3.63) is 23.8 Å². The summed E-state index contributed by atoms with van der Waals surface area (Å²) in [4.78, 5) is 14.4. The second-order valence-corrected chi connectivity index (χ2v) is 5.73. The van der Waals surface area contributed by atoms with E-state index in [1.165, 1.54) is 12.0 Å². The van der Waals surface area contributed by atoms with Crippen LogP contribution >= 0.6 is 0 Å². The first kappa shape index (κ1) is 13.4. The van der Waals surface area contributed by atoms with E-state index in [2.05, 4.69) is 0 Å². The van der Waals surface area contributed by atoms with E-state index in [9.17, 15) is 4.79 Å². The number of amides is 1. The molecule has 4 nitrogen and oxygen atoms in total. The van der Waals surface area contributed by atoms with Crippen LogP contribution in [0.25, 0.3) is 0 Å². The third-order valence-electron chi connectivity index (χ3n) is 4.21. The van der Waals surface area contributed by atoms with Crippen LogP contribution in [0.1, 0.15) is 37.7 Å². The van der Waals surface area contributed by atoms with Crippen molar-refractivity contribution in [1.29, 1.82) is 0 Å². The van der Waals surface area contributed by atoms with E-state index in [1.54, 1.807) is 0 Å². The first-order valence-corrected chi connectivity index (χ1v) is 7.54. The van der Waals surface area contributed by atoms with Gasteiger partial charge in [0.1, 0.15) is 0 Å². The van der Waals surface area contributed by atoms with Gasteiger partial charge in [0.25, 0.3) is 0 Å². The van der Waals surface area contributed by atoms with Crippen LogP contribution in [-0.2, 0) is 16.0 Å². The molecule has 2 aliphatic heterocycles. The number of benzene rings is 1. The molecule has 0 bridgehead atoms. The van der Waals surface area contributed by atoms with Crippen molar-refractivity contribution in [2.45, 2.75) is 44.6 Å². The molecule has 1 unspecified atom stereocenters. The van der Waals surface area contributed by atoms with Gasteiger partial charge in [-0.25, -0.2) is 0 Å². The Hall–Kier alpha value is -1.55. The molecule has 1 atom stereocenters. The van der Waals surface area contributed by atoms with Crippen LogP contribution in [0, 0.1) is 0 Å². The second-order valence-electron chi connectivity index (χ2n) is 5.73. The van der Waals surface area contributed by atoms with Crippen LogP contribution in [0.2, 0.25) is 0 Å². The van der Waals surface area contributed by atoms with E-state index >= 15 is 0 Å². The number of hydrogen-bond donors (Lipinski definition) is 1. The summed E-state index contributed by atoms with van der Waals surface area (Å²) in [5.74, 6) is 0.170. The predicted molar refractivity (Wildman–Crippen MR) is 79.7 cm³/mol. The topological polar surface area (TPSA) is 55.6 Å². The zero-order valence-corrected chi connectivity index (χ0v) is 11.8. The van der Waals surface area contributed by atoms with Crippen LogP contribution in [0.4, 0.5) is 11.4 Å². The highest BCUT2D eigenvalue weighted by molar-refractivity contribution is 5.95. The summed E-state index contributed by atoms with van der Waals surface area (Å²) in [6.07, 6.45) is 5.93. The average Bonchev–Trinajstić information content (AvgIpc) is 2.47. The number of anilines is 2. The molecule has 1 aromatic carbocycles. The van der Waals surface area contributed by atoms with Crippen molar-refractivity contribution < 1.29 is 9.53 Å². The summed E-state index contributed by atoms with van der Waals surface area (Å²) in [5.41, 5.74) is 8.81. The van der Waals surface area contributed by atoms with Crippen LogP contribution in [-0.4, -0.2) is 25.2 Å². The molecule has 0 aromatic heterocycles. The molecule has 3 rings (SSSR count). The molecule has 1 fully saturated rings.